The average Bonchev–Trinajstić information content (AvgIpc) is 2.88. The van der Waals surface area contributed by atoms with Crippen LogP contribution in [0.2, 0.25) is 0 Å². The van der Waals surface area contributed by atoms with Crippen molar-refractivity contribution in [3.63, 3.8) is 0 Å². The number of aromatic nitrogens is 2. The second kappa shape index (κ2) is 7.00. The highest BCUT2D eigenvalue weighted by atomic mass is 32.1. The quantitative estimate of drug-likeness (QED) is 0.889. The summed E-state index contributed by atoms with van der Waals surface area (Å²) in [5.41, 5.74) is 1.21. The third-order valence-electron chi connectivity index (χ3n) is 2.64. The number of aryl methyl sites for hydroxylation is 1. The van der Waals surface area contributed by atoms with Crippen LogP contribution in [0.3, 0.4) is 0 Å². The average molecular weight is 291 g/mol. The predicted octanol–water partition coefficient (Wildman–Crippen LogP) is 2.82. The van der Waals surface area contributed by atoms with Gasteiger partial charge in [-0.25, -0.2) is 0 Å². The first-order chi connectivity index (χ1) is 9.67. The molecule has 106 valence electrons. The molecule has 1 aromatic carbocycles. The topological polar surface area (TPSA) is 64.1 Å². The van der Waals surface area contributed by atoms with Crippen molar-refractivity contribution in [1.82, 2.24) is 10.2 Å². The van der Waals surface area contributed by atoms with E-state index in [4.69, 9.17) is 4.74 Å². The third-order valence-corrected chi connectivity index (χ3v) is 3.54. The van der Waals surface area contributed by atoms with Gasteiger partial charge in [0.2, 0.25) is 11.0 Å². The van der Waals surface area contributed by atoms with Crippen LogP contribution in [0.5, 0.6) is 5.75 Å². The third kappa shape index (κ3) is 4.31. The Bertz CT molecular complexity index is 566. The van der Waals surface area contributed by atoms with Crippen LogP contribution in [0.15, 0.2) is 24.3 Å². The Labute approximate surface area is 122 Å². The molecule has 0 aliphatic rings. The van der Waals surface area contributed by atoms with Crippen LogP contribution in [-0.4, -0.2) is 22.7 Å². The number of benzene rings is 1. The van der Waals surface area contributed by atoms with Crippen LogP contribution in [0, 0.1) is 6.92 Å². The lowest BCUT2D eigenvalue weighted by Crippen LogP contribution is -2.08. The number of hydrogen-bond donors (Lipinski definition) is 1. The van der Waals surface area contributed by atoms with Gasteiger partial charge in [0.1, 0.15) is 10.8 Å². The fourth-order valence-corrected chi connectivity index (χ4v) is 2.24. The number of anilines is 1. The number of amides is 1. The first-order valence-electron chi connectivity index (χ1n) is 6.49. The van der Waals surface area contributed by atoms with E-state index in [0.717, 1.165) is 10.8 Å². The van der Waals surface area contributed by atoms with Crippen LogP contribution in [0.4, 0.5) is 5.13 Å². The Morgan fingerprint density at radius 1 is 1.30 bits per heavy atom. The van der Waals surface area contributed by atoms with Crippen molar-refractivity contribution in [1.29, 1.82) is 0 Å². The van der Waals surface area contributed by atoms with Crippen molar-refractivity contribution in [3.8, 4) is 5.75 Å². The molecule has 0 aliphatic heterocycles. The molecular weight excluding hydrogens is 274 g/mol. The van der Waals surface area contributed by atoms with E-state index in [-0.39, 0.29) is 5.91 Å². The minimum atomic E-state index is -0.0522. The number of carbonyl (C=O) groups excluding carboxylic acids is 1. The highest BCUT2D eigenvalue weighted by Gasteiger charge is 2.06. The molecule has 1 N–H and O–H groups in total. The molecule has 0 unspecified atom stereocenters. The molecule has 0 atom stereocenters. The molecule has 2 aromatic rings. The maximum absolute atomic E-state index is 11.2. The predicted molar refractivity (Wildman–Crippen MR) is 79.2 cm³/mol. The van der Waals surface area contributed by atoms with E-state index in [9.17, 15) is 4.79 Å². The molecule has 0 saturated heterocycles. The summed E-state index contributed by atoms with van der Waals surface area (Å²) in [6.07, 6.45) is 1.11. The van der Waals surface area contributed by atoms with Gasteiger partial charge >= 0.3 is 0 Å². The molecule has 0 spiro atoms. The standard InChI is InChI=1S/C14H17N3O2S/c1-3-12(18)15-14-17-16-13(20-14)8-9-19-11-6-4-10(2)5-7-11/h4-7H,3,8-9H2,1-2H3,(H,15,17,18). The van der Waals surface area contributed by atoms with E-state index < -0.39 is 0 Å². The fourth-order valence-electron chi connectivity index (χ4n) is 1.50. The smallest absolute Gasteiger partial charge is 0.225 e. The zero-order valence-electron chi connectivity index (χ0n) is 11.5. The largest absolute Gasteiger partial charge is 0.493 e. The molecule has 1 heterocycles. The number of ether oxygens (including phenoxy) is 1. The maximum Gasteiger partial charge on any atom is 0.225 e. The Balaban J connectivity index is 1.79. The van der Waals surface area contributed by atoms with Gasteiger partial charge in [-0.3, -0.25) is 4.79 Å². The second-order valence-electron chi connectivity index (χ2n) is 4.31. The lowest BCUT2D eigenvalue weighted by Gasteiger charge is -2.04. The van der Waals surface area contributed by atoms with Crippen molar-refractivity contribution in [2.45, 2.75) is 26.7 Å². The molecule has 20 heavy (non-hydrogen) atoms. The second-order valence-corrected chi connectivity index (χ2v) is 5.38. The van der Waals surface area contributed by atoms with Crippen molar-refractivity contribution >= 4 is 22.4 Å². The maximum atomic E-state index is 11.2. The molecule has 0 bridgehead atoms. The monoisotopic (exact) mass is 291 g/mol. The molecule has 1 aromatic heterocycles. The summed E-state index contributed by atoms with van der Waals surface area (Å²) < 4.78 is 5.63. The van der Waals surface area contributed by atoms with E-state index in [1.165, 1.54) is 16.9 Å². The van der Waals surface area contributed by atoms with Gasteiger partial charge in [-0.15, -0.1) is 10.2 Å². The summed E-state index contributed by atoms with van der Waals surface area (Å²) in [7, 11) is 0. The molecule has 5 nitrogen and oxygen atoms in total. The molecule has 0 saturated carbocycles. The van der Waals surface area contributed by atoms with Crippen molar-refractivity contribution < 1.29 is 9.53 Å². The summed E-state index contributed by atoms with van der Waals surface area (Å²) in [5.74, 6) is 0.795. The van der Waals surface area contributed by atoms with Gasteiger partial charge in [0.25, 0.3) is 0 Å². The number of hydrogen-bond acceptors (Lipinski definition) is 5. The molecule has 6 heteroatoms. The van der Waals surface area contributed by atoms with Crippen molar-refractivity contribution in [2.24, 2.45) is 0 Å². The SMILES string of the molecule is CCC(=O)Nc1nnc(CCOc2ccc(C)cc2)s1. The van der Waals surface area contributed by atoms with Crippen molar-refractivity contribution in [2.75, 3.05) is 11.9 Å². The lowest BCUT2D eigenvalue weighted by atomic mass is 10.2. The molecule has 0 aliphatic carbocycles. The molecular formula is C14H17N3O2S. The normalized spacial score (nSPS) is 10.3. The van der Waals surface area contributed by atoms with E-state index in [1.54, 1.807) is 6.92 Å². The van der Waals surface area contributed by atoms with Crippen LogP contribution in [0.25, 0.3) is 0 Å². The van der Waals surface area contributed by atoms with Gasteiger partial charge in [0.15, 0.2) is 0 Å². The number of carbonyl (C=O) groups is 1. The van der Waals surface area contributed by atoms with Gasteiger partial charge in [0.05, 0.1) is 6.61 Å². The Morgan fingerprint density at radius 3 is 2.75 bits per heavy atom. The Kier molecular flexibility index (Phi) is 5.06. The fraction of sp³-hybridized carbons (Fsp3) is 0.357. The van der Waals surface area contributed by atoms with Gasteiger partial charge in [-0.1, -0.05) is 36.0 Å². The first kappa shape index (κ1) is 14.5. The molecule has 2 rings (SSSR count). The number of nitrogens with zero attached hydrogens (tertiary/aromatic N) is 2. The van der Waals surface area contributed by atoms with Gasteiger partial charge in [-0.05, 0) is 19.1 Å². The highest BCUT2D eigenvalue weighted by molar-refractivity contribution is 7.15. The first-order valence-corrected chi connectivity index (χ1v) is 7.30. The van der Waals surface area contributed by atoms with Crippen LogP contribution in [0.1, 0.15) is 23.9 Å². The molecule has 0 radical (unpaired) electrons. The zero-order valence-corrected chi connectivity index (χ0v) is 12.4. The van der Waals surface area contributed by atoms with E-state index in [1.807, 2.05) is 31.2 Å². The summed E-state index contributed by atoms with van der Waals surface area (Å²) in [6.45, 7) is 4.38. The van der Waals surface area contributed by atoms with E-state index in [2.05, 4.69) is 15.5 Å². The molecule has 0 fully saturated rings. The lowest BCUT2D eigenvalue weighted by molar-refractivity contribution is -0.115. The number of rotatable bonds is 6. The highest BCUT2D eigenvalue weighted by Crippen LogP contribution is 2.17. The minimum Gasteiger partial charge on any atom is -0.493 e. The van der Waals surface area contributed by atoms with Crippen LogP contribution in [-0.2, 0) is 11.2 Å². The zero-order chi connectivity index (χ0) is 14.4. The summed E-state index contributed by atoms with van der Waals surface area (Å²) in [5, 5.41) is 12.0. The minimum absolute atomic E-state index is 0.0522. The Morgan fingerprint density at radius 2 is 2.05 bits per heavy atom. The van der Waals surface area contributed by atoms with E-state index in [0.29, 0.717) is 24.6 Å². The summed E-state index contributed by atoms with van der Waals surface area (Å²) >= 11 is 1.38. The van der Waals surface area contributed by atoms with Crippen LogP contribution < -0.4 is 10.1 Å². The van der Waals surface area contributed by atoms with Crippen LogP contribution >= 0.6 is 11.3 Å². The molecule has 1 amide bonds. The van der Waals surface area contributed by atoms with Gasteiger partial charge in [0, 0.05) is 12.8 Å². The van der Waals surface area contributed by atoms with E-state index >= 15 is 0 Å². The summed E-state index contributed by atoms with van der Waals surface area (Å²) in [4.78, 5) is 11.2. The summed E-state index contributed by atoms with van der Waals surface area (Å²) in [6, 6.07) is 7.92. The Hall–Kier alpha value is -1.95. The van der Waals surface area contributed by atoms with Crippen molar-refractivity contribution in [3.05, 3.63) is 34.8 Å². The van der Waals surface area contributed by atoms with Gasteiger partial charge in [-0.2, -0.15) is 0 Å². The number of nitrogens with one attached hydrogen (secondary N) is 1. The van der Waals surface area contributed by atoms with Gasteiger partial charge < -0.3 is 10.1 Å².